The average molecular weight is 279 g/mol. The molecule has 1 unspecified atom stereocenters. The van der Waals surface area contributed by atoms with Crippen molar-refractivity contribution in [2.45, 2.75) is 25.8 Å². The van der Waals surface area contributed by atoms with Crippen LogP contribution in [-0.4, -0.2) is 43.0 Å². The lowest BCUT2D eigenvalue weighted by atomic mass is 10.1. The summed E-state index contributed by atoms with van der Waals surface area (Å²) in [4.78, 5) is 14.1. The number of carbonyl (C=O) groups is 1. The number of likely N-dealkylation sites (tertiary alicyclic amines) is 1. The number of likely N-dealkylation sites (N-methyl/N-ethyl adjacent to an activating group) is 1. The highest BCUT2D eigenvalue weighted by Gasteiger charge is 2.20. The van der Waals surface area contributed by atoms with Gasteiger partial charge in [-0.3, -0.25) is 9.69 Å². The summed E-state index contributed by atoms with van der Waals surface area (Å²) >= 11 is 0. The third-order valence-electron chi connectivity index (χ3n) is 3.49. The van der Waals surface area contributed by atoms with E-state index in [9.17, 15) is 9.18 Å². The molecule has 0 aliphatic carbocycles. The van der Waals surface area contributed by atoms with E-state index < -0.39 is 0 Å². The number of amides is 1. The average Bonchev–Trinajstić information content (AvgIpc) is 2.42. The van der Waals surface area contributed by atoms with Crippen molar-refractivity contribution in [1.82, 2.24) is 10.2 Å². The van der Waals surface area contributed by atoms with Gasteiger partial charge < -0.3 is 10.6 Å². The van der Waals surface area contributed by atoms with Gasteiger partial charge in [-0.1, -0.05) is 6.92 Å². The molecule has 1 amide bonds. The second kappa shape index (κ2) is 7.36. The number of rotatable bonds is 5. The number of nitrogens with one attached hydrogen (secondary N) is 2. The van der Waals surface area contributed by atoms with E-state index in [1.54, 1.807) is 12.1 Å². The Bertz CT molecular complexity index is 433. The first-order valence-electron chi connectivity index (χ1n) is 7.18. The van der Waals surface area contributed by atoms with E-state index in [1.165, 1.54) is 18.6 Å². The molecule has 110 valence electrons. The molecule has 2 N–H and O–H groups in total. The van der Waals surface area contributed by atoms with Crippen LogP contribution in [0.25, 0.3) is 0 Å². The lowest BCUT2D eigenvalue weighted by Gasteiger charge is -2.32. The van der Waals surface area contributed by atoms with Crippen LogP contribution in [0.3, 0.4) is 0 Å². The van der Waals surface area contributed by atoms with Gasteiger partial charge in [0.2, 0.25) is 5.91 Å². The SMILES string of the molecule is CCNC1CCCN(CC(=O)Nc2ccc(F)cc2)C1. The zero-order valence-corrected chi connectivity index (χ0v) is 11.9. The first-order valence-corrected chi connectivity index (χ1v) is 7.18. The number of piperidine rings is 1. The number of benzene rings is 1. The van der Waals surface area contributed by atoms with Gasteiger partial charge in [0, 0.05) is 18.3 Å². The maximum atomic E-state index is 12.8. The summed E-state index contributed by atoms with van der Waals surface area (Å²) in [5.74, 6) is -0.346. The Morgan fingerprint density at radius 3 is 2.85 bits per heavy atom. The van der Waals surface area contributed by atoms with Crippen LogP contribution in [0.1, 0.15) is 19.8 Å². The monoisotopic (exact) mass is 279 g/mol. The van der Waals surface area contributed by atoms with Gasteiger partial charge in [0.05, 0.1) is 6.54 Å². The van der Waals surface area contributed by atoms with E-state index in [-0.39, 0.29) is 11.7 Å². The number of halogens is 1. The second-order valence-electron chi connectivity index (χ2n) is 5.19. The van der Waals surface area contributed by atoms with Crippen LogP contribution in [0, 0.1) is 5.82 Å². The van der Waals surface area contributed by atoms with Crippen LogP contribution in [-0.2, 0) is 4.79 Å². The van der Waals surface area contributed by atoms with E-state index in [1.807, 2.05) is 0 Å². The molecule has 1 aromatic carbocycles. The van der Waals surface area contributed by atoms with Gasteiger partial charge in [0.1, 0.15) is 5.82 Å². The fourth-order valence-electron chi connectivity index (χ4n) is 2.59. The minimum absolute atomic E-state index is 0.0474. The molecule has 20 heavy (non-hydrogen) atoms. The Hall–Kier alpha value is -1.46. The molecule has 1 heterocycles. The van der Waals surface area contributed by atoms with Crippen molar-refractivity contribution in [3.05, 3.63) is 30.1 Å². The van der Waals surface area contributed by atoms with Gasteiger partial charge in [-0.2, -0.15) is 0 Å². The highest BCUT2D eigenvalue weighted by atomic mass is 19.1. The maximum absolute atomic E-state index is 12.8. The lowest BCUT2D eigenvalue weighted by molar-refractivity contribution is -0.117. The first kappa shape index (κ1) is 14.9. The Morgan fingerprint density at radius 1 is 1.40 bits per heavy atom. The molecular weight excluding hydrogens is 257 g/mol. The smallest absolute Gasteiger partial charge is 0.238 e. The Balaban J connectivity index is 1.80. The quantitative estimate of drug-likeness (QED) is 0.864. The molecule has 1 saturated heterocycles. The highest BCUT2D eigenvalue weighted by molar-refractivity contribution is 5.92. The molecule has 0 bridgehead atoms. The second-order valence-corrected chi connectivity index (χ2v) is 5.19. The number of hydrogen-bond acceptors (Lipinski definition) is 3. The predicted octanol–water partition coefficient (Wildman–Crippen LogP) is 1.84. The molecule has 1 aliphatic heterocycles. The Kier molecular flexibility index (Phi) is 5.49. The molecule has 1 fully saturated rings. The van der Waals surface area contributed by atoms with Gasteiger partial charge >= 0.3 is 0 Å². The third-order valence-corrected chi connectivity index (χ3v) is 3.49. The Morgan fingerprint density at radius 2 is 2.15 bits per heavy atom. The largest absolute Gasteiger partial charge is 0.325 e. The molecule has 1 atom stereocenters. The van der Waals surface area contributed by atoms with Crippen LogP contribution in [0.2, 0.25) is 0 Å². The lowest BCUT2D eigenvalue weighted by Crippen LogP contribution is -2.47. The molecule has 0 saturated carbocycles. The van der Waals surface area contributed by atoms with Gasteiger partial charge in [-0.25, -0.2) is 4.39 Å². The fraction of sp³-hybridized carbons (Fsp3) is 0.533. The van der Waals surface area contributed by atoms with Crippen LogP contribution in [0.4, 0.5) is 10.1 Å². The first-order chi connectivity index (χ1) is 9.67. The number of nitrogens with zero attached hydrogens (tertiary/aromatic N) is 1. The third kappa shape index (κ3) is 4.58. The molecule has 1 aromatic rings. The minimum atomic E-state index is -0.299. The van der Waals surface area contributed by atoms with Crippen molar-refractivity contribution in [1.29, 1.82) is 0 Å². The van der Waals surface area contributed by atoms with Gasteiger partial charge in [0.25, 0.3) is 0 Å². The molecule has 0 spiro atoms. The maximum Gasteiger partial charge on any atom is 0.238 e. The normalized spacial score (nSPS) is 19.8. The van der Waals surface area contributed by atoms with E-state index in [0.717, 1.165) is 26.1 Å². The number of anilines is 1. The van der Waals surface area contributed by atoms with Crippen molar-refractivity contribution >= 4 is 11.6 Å². The van der Waals surface area contributed by atoms with Crippen molar-refractivity contribution in [2.24, 2.45) is 0 Å². The summed E-state index contributed by atoms with van der Waals surface area (Å²) in [6, 6.07) is 6.32. The fourth-order valence-corrected chi connectivity index (χ4v) is 2.59. The van der Waals surface area contributed by atoms with E-state index in [4.69, 9.17) is 0 Å². The highest BCUT2D eigenvalue weighted by Crippen LogP contribution is 2.11. The number of hydrogen-bond donors (Lipinski definition) is 2. The van der Waals surface area contributed by atoms with Gasteiger partial charge in [-0.05, 0) is 50.2 Å². The van der Waals surface area contributed by atoms with E-state index in [0.29, 0.717) is 18.3 Å². The molecule has 0 radical (unpaired) electrons. The van der Waals surface area contributed by atoms with Crippen LogP contribution in [0.15, 0.2) is 24.3 Å². The van der Waals surface area contributed by atoms with Crippen molar-refractivity contribution in [2.75, 3.05) is 31.5 Å². The number of carbonyl (C=O) groups excluding carboxylic acids is 1. The summed E-state index contributed by atoms with van der Waals surface area (Å²) in [5.41, 5.74) is 0.636. The zero-order valence-electron chi connectivity index (χ0n) is 11.9. The predicted molar refractivity (Wildman–Crippen MR) is 78.2 cm³/mol. The van der Waals surface area contributed by atoms with E-state index in [2.05, 4.69) is 22.5 Å². The minimum Gasteiger partial charge on any atom is -0.325 e. The topological polar surface area (TPSA) is 44.4 Å². The van der Waals surface area contributed by atoms with E-state index >= 15 is 0 Å². The van der Waals surface area contributed by atoms with Crippen LogP contribution >= 0.6 is 0 Å². The van der Waals surface area contributed by atoms with Crippen molar-refractivity contribution < 1.29 is 9.18 Å². The molecular formula is C15H22FN3O. The molecule has 1 aliphatic rings. The molecule has 0 aromatic heterocycles. The Labute approximate surface area is 119 Å². The summed E-state index contributed by atoms with van der Waals surface area (Å²) in [6.07, 6.45) is 2.28. The van der Waals surface area contributed by atoms with Crippen LogP contribution < -0.4 is 10.6 Å². The standard InChI is InChI=1S/C15H22FN3O/c1-2-17-14-4-3-9-19(10-14)11-15(20)18-13-7-5-12(16)6-8-13/h5-8,14,17H,2-4,9-11H2,1H3,(H,18,20). The van der Waals surface area contributed by atoms with Crippen LogP contribution in [0.5, 0.6) is 0 Å². The molecule has 2 rings (SSSR count). The summed E-state index contributed by atoms with van der Waals surface area (Å²) in [5, 5.41) is 6.22. The van der Waals surface area contributed by atoms with Crippen molar-refractivity contribution in [3.63, 3.8) is 0 Å². The summed E-state index contributed by atoms with van der Waals surface area (Å²) in [6.45, 7) is 5.31. The zero-order chi connectivity index (χ0) is 14.4. The molecule has 5 heteroatoms. The summed E-state index contributed by atoms with van der Waals surface area (Å²) in [7, 11) is 0. The van der Waals surface area contributed by atoms with Gasteiger partial charge in [0.15, 0.2) is 0 Å². The van der Waals surface area contributed by atoms with Crippen molar-refractivity contribution in [3.8, 4) is 0 Å². The summed E-state index contributed by atoms with van der Waals surface area (Å²) < 4.78 is 12.8. The molecule has 4 nitrogen and oxygen atoms in total. The van der Waals surface area contributed by atoms with Gasteiger partial charge in [-0.15, -0.1) is 0 Å².